The molecule has 0 aromatic heterocycles. The van der Waals surface area contributed by atoms with Crippen molar-refractivity contribution in [1.29, 1.82) is 0 Å². The first-order chi connectivity index (χ1) is 28.2. The van der Waals surface area contributed by atoms with Gasteiger partial charge in [-0.05, 0) is 122 Å². The second-order valence-electron chi connectivity index (χ2n) is 14.9. The van der Waals surface area contributed by atoms with Crippen molar-refractivity contribution in [1.82, 2.24) is 20.4 Å². The van der Waals surface area contributed by atoms with Gasteiger partial charge in [-0.15, -0.1) is 0 Å². The fourth-order valence-corrected chi connectivity index (χ4v) is 9.08. The summed E-state index contributed by atoms with van der Waals surface area (Å²) in [5, 5.41) is 7.26. The summed E-state index contributed by atoms with van der Waals surface area (Å²) in [4.78, 5) is 31.5. The Labute approximate surface area is 342 Å². The van der Waals surface area contributed by atoms with Crippen LogP contribution in [0, 0.1) is 11.8 Å². The number of nitrogens with zero attached hydrogens (tertiary/aromatic N) is 2. The molecule has 2 N–H and O–H groups in total. The maximum absolute atomic E-state index is 13.8. The second-order valence-corrected chi connectivity index (χ2v) is 14.9. The van der Waals surface area contributed by atoms with E-state index in [-0.39, 0.29) is 17.4 Å². The highest BCUT2D eigenvalue weighted by molar-refractivity contribution is 5.95. The van der Waals surface area contributed by atoms with Crippen LogP contribution in [-0.2, 0) is 0 Å². The molecule has 2 saturated heterocycles. The molecule has 2 aliphatic rings. The number of ether oxygens (including phenoxy) is 6. The van der Waals surface area contributed by atoms with Crippen molar-refractivity contribution in [3.05, 3.63) is 83.9 Å². The first-order valence-corrected chi connectivity index (χ1v) is 19.9. The van der Waals surface area contributed by atoms with Crippen LogP contribution >= 0.6 is 0 Å². The summed E-state index contributed by atoms with van der Waals surface area (Å²) in [6.45, 7) is 3.57. The fourth-order valence-electron chi connectivity index (χ4n) is 9.08. The van der Waals surface area contributed by atoms with Crippen molar-refractivity contribution >= 4 is 11.8 Å². The number of amides is 2. The van der Waals surface area contributed by atoms with Gasteiger partial charge in [-0.2, -0.15) is 0 Å². The summed E-state index contributed by atoms with van der Waals surface area (Å²) in [7, 11) is 13.6. The molecule has 0 spiro atoms. The number of rotatable bonds is 15. The molecule has 12 nitrogen and oxygen atoms in total. The highest BCUT2D eigenvalue weighted by Crippen LogP contribution is 2.43. The molecule has 2 fully saturated rings. The van der Waals surface area contributed by atoms with Crippen LogP contribution in [0.5, 0.6) is 34.5 Å². The molecule has 0 unspecified atom stereocenters. The molecule has 0 atom stereocenters. The zero-order valence-corrected chi connectivity index (χ0v) is 35.1. The molecular formula is C46H58N4O8. The molecule has 0 saturated carbocycles. The summed E-state index contributed by atoms with van der Waals surface area (Å²) < 4.78 is 33.1. The van der Waals surface area contributed by atoms with Crippen molar-refractivity contribution in [2.45, 2.75) is 31.2 Å². The van der Waals surface area contributed by atoms with Gasteiger partial charge in [0.2, 0.25) is 11.5 Å². The number of nitrogens with one attached hydrogen (secondary N) is 2. The average Bonchev–Trinajstić information content (AvgIpc) is 3.29. The SMILES string of the molecule is CNCC(NC)(C1CCN(C(=O)c2ccc(-c3cc(OC)c(OC)c(OC)c3)cc2)CC1)C1CCN(C(=O)c2ccc(-c3cc(OC)c(OC)c(OC)c3)cc2)CC1. The molecule has 6 rings (SSSR count). The van der Waals surface area contributed by atoms with Crippen molar-refractivity contribution in [3.63, 3.8) is 0 Å². The summed E-state index contributed by atoms with van der Waals surface area (Å²) >= 11 is 0. The normalized spacial score (nSPS) is 15.2. The molecule has 0 bridgehead atoms. The van der Waals surface area contributed by atoms with Gasteiger partial charge in [0.05, 0.1) is 42.7 Å². The number of likely N-dealkylation sites (tertiary alicyclic amines) is 2. The molecule has 4 aromatic carbocycles. The zero-order valence-electron chi connectivity index (χ0n) is 35.1. The number of hydrogen-bond donors (Lipinski definition) is 2. The highest BCUT2D eigenvalue weighted by Gasteiger charge is 2.46. The quantitative estimate of drug-likeness (QED) is 0.135. The van der Waals surface area contributed by atoms with Crippen LogP contribution in [0.1, 0.15) is 46.4 Å². The molecule has 12 heteroatoms. The smallest absolute Gasteiger partial charge is 0.253 e. The van der Waals surface area contributed by atoms with Gasteiger partial charge in [0.15, 0.2) is 23.0 Å². The van der Waals surface area contributed by atoms with Crippen LogP contribution in [0.25, 0.3) is 22.3 Å². The number of benzene rings is 4. The third kappa shape index (κ3) is 8.40. The van der Waals surface area contributed by atoms with E-state index in [0.717, 1.165) is 54.5 Å². The lowest BCUT2D eigenvalue weighted by molar-refractivity contribution is 0.0300. The minimum atomic E-state index is -0.163. The largest absolute Gasteiger partial charge is 0.493 e. The molecular weight excluding hydrogens is 737 g/mol. The van der Waals surface area contributed by atoms with Crippen LogP contribution in [0.2, 0.25) is 0 Å². The number of hydrogen-bond acceptors (Lipinski definition) is 10. The third-order valence-electron chi connectivity index (χ3n) is 12.2. The van der Waals surface area contributed by atoms with E-state index in [4.69, 9.17) is 28.4 Å². The number of piperidine rings is 2. The summed E-state index contributed by atoms with van der Waals surface area (Å²) in [5.41, 5.74) is 4.86. The maximum atomic E-state index is 13.8. The zero-order chi connectivity index (χ0) is 41.4. The van der Waals surface area contributed by atoms with Crippen LogP contribution in [0.4, 0.5) is 0 Å². The summed E-state index contributed by atoms with van der Waals surface area (Å²) in [6.07, 6.45) is 3.59. The first kappa shape index (κ1) is 42.2. The lowest BCUT2D eigenvalue weighted by Crippen LogP contribution is -2.64. The Morgan fingerprint density at radius 2 is 0.862 bits per heavy atom. The van der Waals surface area contributed by atoms with Crippen LogP contribution < -0.4 is 39.1 Å². The Hall–Kier alpha value is -5.46. The van der Waals surface area contributed by atoms with Gasteiger partial charge >= 0.3 is 0 Å². The van der Waals surface area contributed by atoms with Crippen molar-refractivity contribution in [2.24, 2.45) is 11.8 Å². The van der Waals surface area contributed by atoms with Gasteiger partial charge in [0.25, 0.3) is 11.8 Å². The summed E-state index contributed by atoms with van der Waals surface area (Å²) in [6, 6.07) is 23.0. The van der Waals surface area contributed by atoms with E-state index < -0.39 is 0 Å². The van der Waals surface area contributed by atoms with E-state index in [9.17, 15) is 9.59 Å². The Bertz CT molecular complexity index is 1830. The van der Waals surface area contributed by atoms with Gasteiger partial charge in [0.1, 0.15) is 0 Å². The minimum Gasteiger partial charge on any atom is -0.493 e. The molecule has 310 valence electrons. The number of carbonyl (C=O) groups excluding carboxylic acids is 2. The topological polar surface area (TPSA) is 120 Å². The lowest BCUT2D eigenvalue weighted by atomic mass is 9.66. The second kappa shape index (κ2) is 18.9. The predicted molar refractivity (Wildman–Crippen MR) is 226 cm³/mol. The van der Waals surface area contributed by atoms with Gasteiger partial charge in [-0.1, -0.05) is 24.3 Å². The van der Waals surface area contributed by atoms with Gasteiger partial charge < -0.3 is 48.9 Å². The van der Waals surface area contributed by atoms with E-state index in [1.807, 2.05) is 89.6 Å². The Morgan fingerprint density at radius 3 is 1.12 bits per heavy atom. The Kier molecular flexibility index (Phi) is 13.7. The average molecular weight is 795 g/mol. The molecule has 0 aliphatic carbocycles. The monoisotopic (exact) mass is 794 g/mol. The molecule has 2 aliphatic heterocycles. The molecule has 2 amide bonds. The van der Waals surface area contributed by atoms with E-state index >= 15 is 0 Å². The number of methoxy groups -OCH3 is 6. The molecule has 0 radical (unpaired) electrons. The Morgan fingerprint density at radius 1 is 0.534 bits per heavy atom. The van der Waals surface area contributed by atoms with Crippen LogP contribution in [-0.4, -0.2) is 117 Å². The molecule has 4 aromatic rings. The van der Waals surface area contributed by atoms with Gasteiger partial charge in [0, 0.05) is 49.4 Å². The van der Waals surface area contributed by atoms with Crippen molar-refractivity contribution in [2.75, 3.05) is 89.5 Å². The van der Waals surface area contributed by atoms with Crippen molar-refractivity contribution < 1.29 is 38.0 Å². The van der Waals surface area contributed by atoms with Gasteiger partial charge in [-0.25, -0.2) is 0 Å². The first-order valence-electron chi connectivity index (χ1n) is 19.9. The van der Waals surface area contributed by atoms with E-state index in [1.54, 1.807) is 42.7 Å². The van der Waals surface area contributed by atoms with E-state index in [0.29, 0.717) is 83.6 Å². The molecule has 2 heterocycles. The maximum Gasteiger partial charge on any atom is 0.253 e. The third-order valence-corrected chi connectivity index (χ3v) is 12.2. The number of carbonyl (C=O) groups is 2. The van der Waals surface area contributed by atoms with Crippen LogP contribution in [0.3, 0.4) is 0 Å². The minimum absolute atomic E-state index is 0.0434. The molecule has 58 heavy (non-hydrogen) atoms. The van der Waals surface area contributed by atoms with E-state index in [1.165, 1.54) is 0 Å². The van der Waals surface area contributed by atoms with Crippen LogP contribution in [0.15, 0.2) is 72.8 Å². The standard InChI is InChI=1S/C46H58N4O8/c1-47-29-46(48-2,36-17-21-49(22-18-36)44(51)32-13-9-30(10-14-32)34-25-38(53-3)42(57-7)39(26-34)54-4)37-19-23-50(24-20-37)45(52)33-15-11-31(12-16-33)35-27-40(55-5)43(58-8)41(28-35)56-6/h9-16,25-28,36-37,47-48H,17-24,29H2,1-8H3. The fraction of sp³-hybridized carbons (Fsp3) is 0.435. The number of likely N-dealkylation sites (N-methyl/N-ethyl adjacent to an activating group) is 2. The van der Waals surface area contributed by atoms with Crippen molar-refractivity contribution in [3.8, 4) is 56.8 Å². The highest BCUT2D eigenvalue weighted by atomic mass is 16.5. The lowest BCUT2D eigenvalue weighted by Gasteiger charge is -2.51. The Balaban J connectivity index is 1.07. The predicted octanol–water partition coefficient (Wildman–Crippen LogP) is 6.65. The van der Waals surface area contributed by atoms with Gasteiger partial charge in [-0.3, -0.25) is 9.59 Å². The van der Waals surface area contributed by atoms with E-state index in [2.05, 4.69) is 17.7 Å². The summed E-state index contributed by atoms with van der Waals surface area (Å²) in [5.74, 6) is 4.20.